The Morgan fingerprint density at radius 3 is 2.61 bits per heavy atom. The maximum Gasteiger partial charge on any atom is 0.244 e. The Bertz CT molecular complexity index is 624. The van der Waals surface area contributed by atoms with E-state index in [0.717, 1.165) is 11.3 Å². The Kier molecular flexibility index (Phi) is 6.51. The summed E-state index contributed by atoms with van der Waals surface area (Å²) >= 11 is 0. The van der Waals surface area contributed by atoms with Gasteiger partial charge in [-0.15, -0.1) is 0 Å². The highest BCUT2D eigenvalue weighted by Gasteiger charge is 2.14. The first-order chi connectivity index (χ1) is 11.1. The fourth-order valence-electron chi connectivity index (χ4n) is 2.39. The van der Waals surface area contributed by atoms with E-state index in [2.05, 4.69) is 10.3 Å². The number of carbonyl (C=O) groups excluding carboxylic acids is 1. The second-order valence-corrected chi connectivity index (χ2v) is 5.53. The van der Waals surface area contributed by atoms with Gasteiger partial charge in [-0.1, -0.05) is 36.4 Å². The van der Waals surface area contributed by atoms with E-state index < -0.39 is 6.10 Å². The molecule has 0 aliphatic heterocycles. The molecule has 2 unspecified atom stereocenters. The molecule has 2 atom stereocenters. The second-order valence-electron chi connectivity index (χ2n) is 5.53. The largest absolute Gasteiger partial charge is 0.393 e. The highest BCUT2D eigenvalue weighted by Crippen LogP contribution is 2.20. The van der Waals surface area contributed by atoms with E-state index in [0.29, 0.717) is 13.0 Å². The second kappa shape index (κ2) is 8.86. The predicted octanol–water partition coefficient (Wildman–Crippen LogP) is 2.77. The summed E-state index contributed by atoms with van der Waals surface area (Å²) in [5, 5.41) is 12.6. The molecule has 0 saturated carbocycles. The zero-order valence-electron chi connectivity index (χ0n) is 13.2. The molecule has 0 radical (unpaired) electrons. The monoisotopic (exact) mass is 310 g/mol. The Balaban J connectivity index is 1.93. The number of aliphatic hydroxyl groups is 1. The first-order valence-corrected chi connectivity index (χ1v) is 7.75. The lowest BCUT2D eigenvalue weighted by atomic mass is 9.93. The Morgan fingerprint density at radius 1 is 1.22 bits per heavy atom. The molecule has 0 fully saturated rings. The Morgan fingerprint density at radius 2 is 1.96 bits per heavy atom. The number of benzene rings is 1. The van der Waals surface area contributed by atoms with Crippen LogP contribution in [0.1, 0.15) is 30.5 Å². The van der Waals surface area contributed by atoms with E-state index in [4.69, 9.17) is 0 Å². The molecule has 23 heavy (non-hydrogen) atoms. The molecule has 2 rings (SSSR count). The lowest BCUT2D eigenvalue weighted by molar-refractivity contribution is -0.116. The van der Waals surface area contributed by atoms with Gasteiger partial charge in [-0.05, 0) is 37.1 Å². The number of carbonyl (C=O) groups is 1. The normalized spacial score (nSPS) is 13.7. The molecular weight excluding hydrogens is 288 g/mol. The zero-order valence-corrected chi connectivity index (χ0v) is 13.2. The highest BCUT2D eigenvalue weighted by atomic mass is 16.3. The molecule has 4 heteroatoms. The number of pyridine rings is 1. The molecule has 4 nitrogen and oxygen atoms in total. The van der Waals surface area contributed by atoms with Gasteiger partial charge in [0, 0.05) is 24.7 Å². The van der Waals surface area contributed by atoms with Crippen molar-refractivity contribution in [2.75, 3.05) is 6.54 Å². The molecule has 2 aromatic rings. The Labute approximate surface area is 136 Å². The van der Waals surface area contributed by atoms with Crippen LogP contribution in [0, 0.1) is 0 Å². The van der Waals surface area contributed by atoms with Crippen molar-refractivity contribution in [3.8, 4) is 0 Å². The third-order valence-corrected chi connectivity index (χ3v) is 3.51. The number of hydrogen-bond acceptors (Lipinski definition) is 3. The van der Waals surface area contributed by atoms with Crippen LogP contribution in [0.4, 0.5) is 0 Å². The van der Waals surface area contributed by atoms with Crippen LogP contribution >= 0.6 is 0 Å². The van der Waals surface area contributed by atoms with Crippen molar-refractivity contribution >= 4 is 12.0 Å². The van der Waals surface area contributed by atoms with Gasteiger partial charge in [-0.25, -0.2) is 0 Å². The van der Waals surface area contributed by atoms with Gasteiger partial charge in [0.2, 0.25) is 5.91 Å². The van der Waals surface area contributed by atoms with Crippen molar-refractivity contribution in [1.82, 2.24) is 10.3 Å². The Hall–Kier alpha value is -2.46. The summed E-state index contributed by atoms with van der Waals surface area (Å²) in [6.45, 7) is 2.25. The summed E-state index contributed by atoms with van der Waals surface area (Å²) in [6.07, 6.45) is 5.04. The van der Waals surface area contributed by atoms with Crippen molar-refractivity contribution in [1.29, 1.82) is 0 Å². The molecule has 0 aliphatic rings. The number of nitrogens with zero attached hydrogens (tertiary/aromatic N) is 1. The molecule has 1 aromatic heterocycles. The lowest BCUT2D eigenvalue weighted by Crippen LogP contribution is -2.28. The number of nitrogens with one attached hydrogen (secondary N) is 1. The van der Waals surface area contributed by atoms with Crippen LogP contribution in [0.25, 0.3) is 6.08 Å². The fraction of sp³-hybridized carbons (Fsp3) is 0.263. The summed E-state index contributed by atoms with van der Waals surface area (Å²) in [6, 6.07) is 15.5. The SMILES string of the molecule is CC(O)CC(CNC(=O)/C=C/c1ccccn1)c1ccccc1. The molecule has 120 valence electrons. The van der Waals surface area contributed by atoms with Gasteiger partial charge in [0.15, 0.2) is 0 Å². The molecule has 1 amide bonds. The van der Waals surface area contributed by atoms with E-state index in [1.807, 2.05) is 48.5 Å². The zero-order chi connectivity index (χ0) is 16.5. The standard InChI is InChI=1S/C19H22N2O2/c1-15(22)13-17(16-7-3-2-4-8-16)14-21-19(23)11-10-18-9-5-6-12-20-18/h2-12,15,17,22H,13-14H2,1H3,(H,21,23)/b11-10+. The maximum absolute atomic E-state index is 11.9. The molecule has 0 aliphatic carbocycles. The molecule has 0 spiro atoms. The van der Waals surface area contributed by atoms with Crippen molar-refractivity contribution in [2.45, 2.75) is 25.4 Å². The average molecular weight is 310 g/mol. The molecule has 0 bridgehead atoms. The maximum atomic E-state index is 11.9. The van der Waals surface area contributed by atoms with E-state index in [1.54, 1.807) is 19.2 Å². The van der Waals surface area contributed by atoms with Crippen molar-refractivity contribution < 1.29 is 9.90 Å². The molecule has 1 aromatic carbocycles. The van der Waals surface area contributed by atoms with Gasteiger partial charge < -0.3 is 10.4 Å². The number of hydrogen-bond donors (Lipinski definition) is 2. The van der Waals surface area contributed by atoms with Gasteiger partial charge in [0.25, 0.3) is 0 Å². The summed E-state index contributed by atoms with van der Waals surface area (Å²) in [5.74, 6) is -0.0782. The van der Waals surface area contributed by atoms with Crippen LogP contribution in [0.15, 0.2) is 60.8 Å². The first-order valence-electron chi connectivity index (χ1n) is 7.75. The first kappa shape index (κ1) is 16.9. The number of rotatable bonds is 7. The topological polar surface area (TPSA) is 62.2 Å². The fourth-order valence-corrected chi connectivity index (χ4v) is 2.39. The van der Waals surface area contributed by atoms with Crippen LogP contribution in [0.3, 0.4) is 0 Å². The molecule has 0 saturated heterocycles. The van der Waals surface area contributed by atoms with Gasteiger partial charge in [-0.2, -0.15) is 0 Å². The molecule has 2 N–H and O–H groups in total. The van der Waals surface area contributed by atoms with E-state index in [9.17, 15) is 9.90 Å². The van der Waals surface area contributed by atoms with Crippen molar-refractivity contribution in [3.05, 3.63) is 72.1 Å². The summed E-state index contributed by atoms with van der Waals surface area (Å²) < 4.78 is 0. The molecule has 1 heterocycles. The van der Waals surface area contributed by atoms with E-state index in [-0.39, 0.29) is 11.8 Å². The lowest BCUT2D eigenvalue weighted by Gasteiger charge is -2.19. The summed E-state index contributed by atoms with van der Waals surface area (Å²) in [7, 11) is 0. The van der Waals surface area contributed by atoms with Crippen LogP contribution in [0.5, 0.6) is 0 Å². The van der Waals surface area contributed by atoms with Gasteiger partial charge in [0.1, 0.15) is 0 Å². The van der Waals surface area contributed by atoms with E-state index >= 15 is 0 Å². The third kappa shape index (κ3) is 6.04. The van der Waals surface area contributed by atoms with Crippen LogP contribution in [-0.2, 0) is 4.79 Å². The number of aromatic nitrogens is 1. The summed E-state index contributed by atoms with van der Waals surface area (Å²) in [5.41, 5.74) is 1.86. The van der Waals surface area contributed by atoms with Crippen LogP contribution in [-0.4, -0.2) is 28.6 Å². The predicted molar refractivity (Wildman–Crippen MR) is 91.8 cm³/mol. The van der Waals surface area contributed by atoms with Gasteiger partial charge in [-0.3, -0.25) is 9.78 Å². The quantitative estimate of drug-likeness (QED) is 0.773. The third-order valence-electron chi connectivity index (χ3n) is 3.51. The minimum absolute atomic E-state index is 0.0865. The van der Waals surface area contributed by atoms with Crippen LogP contribution in [0.2, 0.25) is 0 Å². The molecular formula is C19H22N2O2. The smallest absolute Gasteiger partial charge is 0.244 e. The van der Waals surface area contributed by atoms with Gasteiger partial charge >= 0.3 is 0 Å². The minimum Gasteiger partial charge on any atom is -0.393 e. The minimum atomic E-state index is -0.416. The number of aliphatic hydroxyl groups excluding tert-OH is 1. The number of amides is 1. The van der Waals surface area contributed by atoms with Crippen LogP contribution < -0.4 is 5.32 Å². The van der Waals surface area contributed by atoms with Gasteiger partial charge in [0.05, 0.1) is 11.8 Å². The average Bonchev–Trinajstić information content (AvgIpc) is 2.58. The van der Waals surface area contributed by atoms with Crippen molar-refractivity contribution in [3.63, 3.8) is 0 Å². The highest BCUT2D eigenvalue weighted by molar-refractivity contribution is 5.91. The summed E-state index contributed by atoms with van der Waals surface area (Å²) in [4.78, 5) is 16.1. The van der Waals surface area contributed by atoms with E-state index in [1.165, 1.54) is 6.08 Å². The van der Waals surface area contributed by atoms with Crippen molar-refractivity contribution in [2.24, 2.45) is 0 Å².